The van der Waals surface area contributed by atoms with Gasteiger partial charge in [0.1, 0.15) is 12.3 Å². The van der Waals surface area contributed by atoms with Crippen molar-refractivity contribution in [3.05, 3.63) is 58.7 Å². The smallest absolute Gasteiger partial charge is 0.256 e. The molecule has 2 aromatic carbocycles. The molecule has 1 heterocycles. The zero-order chi connectivity index (χ0) is 26.4. The summed E-state index contributed by atoms with van der Waals surface area (Å²) in [5.74, 6) is 0.373. The number of hydrazine groups is 1. The second-order valence-electron chi connectivity index (χ2n) is 9.52. The summed E-state index contributed by atoms with van der Waals surface area (Å²) in [4.78, 5) is 40.4. The van der Waals surface area contributed by atoms with E-state index in [0.717, 1.165) is 24.9 Å². The Morgan fingerprint density at radius 2 is 1.78 bits per heavy atom. The number of anilines is 1. The van der Waals surface area contributed by atoms with Crippen molar-refractivity contribution in [2.24, 2.45) is 0 Å². The zero-order valence-electron chi connectivity index (χ0n) is 22.0. The SMILES string of the molecule is CCNCCN(CC(=O)N(C)N1Cc2ccccc2C1)C(=O)CNc1cc2c(cc1OC)CCCC2=O. The second-order valence-corrected chi connectivity index (χ2v) is 9.52. The first kappa shape index (κ1) is 26.6. The third-order valence-electron chi connectivity index (χ3n) is 7.10. The first-order chi connectivity index (χ1) is 17.9. The number of fused-ring (bicyclic) bond motifs is 2. The molecule has 2 amide bonds. The molecular weight excluding hydrogens is 470 g/mol. The molecule has 0 radical (unpaired) electrons. The molecule has 9 nitrogen and oxygen atoms in total. The summed E-state index contributed by atoms with van der Waals surface area (Å²) in [6.07, 6.45) is 2.22. The number of amides is 2. The quantitative estimate of drug-likeness (QED) is 0.451. The van der Waals surface area contributed by atoms with Crippen LogP contribution in [0.25, 0.3) is 0 Å². The summed E-state index contributed by atoms with van der Waals surface area (Å²) in [7, 11) is 3.33. The van der Waals surface area contributed by atoms with E-state index in [1.165, 1.54) is 11.1 Å². The van der Waals surface area contributed by atoms with E-state index >= 15 is 0 Å². The minimum Gasteiger partial charge on any atom is -0.495 e. The van der Waals surface area contributed by atoms with Crippen LogP contribution in [0.3, 0.4) is 0 Å². The standard InChI is InChI=1S/C28H37N5O4/c1-4-29-12-13-32(19-28(36)31(2)33-17-21-8-5-6-9-22(21)18-33)27(35)16-30-24-15-23-20(14-26(24)37-3)10-7-11-25(23)34/h5-6,8-9,14-15,29-30H,4,7,10-13,16-19H2,1-3H3. The molecular formula is C28H37N5O4. The Morgan fingerprint density at radius 1 is 1.05 bits per heavy atom. The number of aryl methyl sites for hydroxylation is 1. The summed E-state index contributed by atoms with van der Waals surface area (Å²) >= 11 is 0. The Hall–Kier alpha value is -3.43. The molecule has 2 N–H and O–H groups in total. The van der Waals surface area contributed by atoms with Gasteiger partial charge >= 0.3 is 0 Å². The molecule has 198 valence electrons. The number of rotatable bonds is 11. The van der Waals surface area contributed by atoms with Crippen molar-refractivity contribution in [2.45, 2.75) is 39.3 Å². The topological polar surface area (TPSA) is 94.2 Å². The molecule has 37 heavy (non-hydrogen) atoms. The van der Waals surface area contributed by atoms with E-state index in [2.05, 4.69) is 22.8 Å². The van der Waals surface area contributed by atoms with Gasteiger partial charge in [-0.1, -0.05) is 31.2 Å². The number of carbonyl (C=O) groups is 3. The minimum atomic E-state index is -0.199. The minimum absolute atomic E-state index is 0.0123. The van der Waals surface area contributed by atoms with Gasteiger partial charge in [-0.25, -0.2) is 5.01 Å². The number of carbonyl (C=O) groups excluding carboxylic acids is 3. The third-order valence-corrected chi connectivity index (χ3v) is 7.10. The van der Waals surface area contributed by atoms with E-state index in [0.29, 0.717) is 49.6 Å². The normalized spacial score (nSPS) is 14.6. The maximum absolute atomic E-state index is 13.3. The maximum Gasteiger partial charge on any atom is 0.256 e. The average molecular weight is 508 g/mol. The lowest BCUT2D eigenvalue weighted by Crippen LogP contribution is -2.49. The average Bonchev–Trinajstić information content (AvgIpc) is 3.35. The lowest BCUT2D eigenvalue weighted by atomic mass is 9.90. The number of likely N-dealkylation sites (N-methyl/N-ethyl adjacent to an activating group) is 2. The van der Waals surface area contributed by atoms with E-state index in [1.54, 1.807) is 30.1 Å². The fraction of sp³-hybridized carbons (Fsp3) is 0.464. The molecule has 0 unspecified atom stereocenters. The highest BCUT2D eigenvalue weighted by molar-refractivity contribution is 6.00. The van der Waals surface area contributed by atoms with Crippen molar-refractivity contribution in [2.75, 3.05) is 52.2 Å². The highest BCUT2D eigenvalue weighted by Crippen LogP contribution is 2.32. The van der Waals surface area contributed by atoms with Crippen molar-refractivity contribution in [1.29, 1.82) is 0 Å². The number of ether oxygens (including phenoxy) is 1. The maximum atomic E-state index is 13.3. The van der Waals surface area contributed by atoms with Gasteiger partial charge in [-0.15, -0.1) is 0 Å². The summed E-state index contributed by atoms with van der Waals surface area (Å²) in [5, 5.41) is 10.00. The molecule has 0 saturated carbocycles. The predicted molar refractivity (Wildman–Crippen MR) is 142 cm³/mol. The Bertz CT molecular complexity index is 1130. The monoisotopic (exact) mass is 507 g/mol. The van der Waals surface area contributed by atoms with E-state index in [9.17, 15) is 14.4 Å². The van der Waals surface area contributed by atoms with Gasteiger partial charge in [0, 0.05) is 45.2 Å². The lowest BCUT2D eigenvalue weighted by molar-refractivity contribution is -0.151. The summed E-state index contributed by atoms with van der Waals surface area (Å²) < 4.78 is 5.52. The number of nitrogens with zero attached hydrogens (tertiary/aromatic N) is 3. The van der Waals surface area contributed by atoms with Crippen molar-refractivity contribution < 1.29 is 19.1 Å². The van der Waals surface area contributed by atoms with Gasteiger partial charge in [0.05, 0.1) is 19.3 Å². The highest BCUT2D eigenvalue weighted by atomic mass is 16.5. The van der Waals surface area contributed by atoms with Gasteiger partial charge in [-0.3, -0.25) is 19.4 Å². The summed E-state index contributed by atoms with van der Waals surface area (Å²) in [5.41, 5.74) is 4.70. The van der Waals surface area contributed by atoms with Crippen molar-refractivity contribution >= 4 is 23.3 Å². The van der Waals surface area contributed by atoms with Gasteiger partial charge in [0.15, 0.2) is 5.78 Å². The molecule has 2 aliphatic rings. The van der Waals surface area contributed by atoms with Crippen molar-refractivity contribution in [1.82, 2.24) is 20.2 Å². The number of nitrogens with one attached hydrogen (secondary N) is 2. The van der Waals surface area contributed by atoms with Gasteiger partial charge in [0.25, 0.3) is 5.91 Å². The molecule has 1 aliphatic carbocycles. The molecule has 0 bridgehead atoms. The number of ketones is 1. The van der Waals surface area contributed by atoms with E-state index in [4.69, 9.17) is 4.74 Å². The Balaban J connectivity index is 1.41. The molecule has 2 aromatic rings. The van der Waals surface area contributed by atoms with Crippen LogP contribution in [0.2, 0.25) is 0 Å². The molecule has 1 aliphatic heterocycles. The van der Waals surface area contributed by atoms with Crippen LogP contribution in [0, 0.1) is 0 Å². The largest absolute Gasteiger partial charge is 0.495 e. The van der Waals surface area contributed by atoms with Crippen LogP contribution in [0.15, 0.2) is 36.4 Å². The Labute approximate surface area is 218 Å². The first-order valence-electron chi connectivity index (χ1n) is 13.0. The summed E-state index contributed by atoms with van der Waals surface area (Å²) in [6.45, 7) is 5.09. The van der Waals surface area contributed by atoms with Crippen LogP contribution < -0.4 is 15.4 Å². The number of Topliss-reactive ketones (excluding diaryl/α,β-unsaturated/α-hetero) is 1. The Kier molecular flexibility index (Phi) is 8.78. The third kappa shape index (κ3) is 6.29. The number of benzene rings is 2. The molecule has 9 heteroatoms. The van der Waals surface area contributed by atoms with Crippen molar-refractivity contribution in [3.8, 4) is 5.75 Å². The van der Waals surface area contributed by atoms with Gasteiger partial charge < -0.3 is 20.3 Å². The fourth-order valence-corrected chi connectivity index (χ4v) is 4.89. The molecule has 0 atom stereocenters. The van der Waals surface area contributed by atoms with Crippen LogP contribution in [0.4, 0.5) is 5.69 Å². The van der Waals surface area contributed by atoms with Crippen LogP contribution in [-0.4, -0.2) is 79.4 Å². The molecule has 0 spiro atoms. The molecule has 4 rings (SSSR count). The van der Waals surface area contributed by atoms with Crippen LogP contribution in [0.5, 0.6) is 5.75 Å². The van der Waals surface area contributed by atoms with Crippen LogP contribution in [0.1, 0.15) is 46.8 Å². The van der Waals surface area contributed by atoms with Crippen LogP contribution >= 0.6 is 0 Å². The highest BCUT2D eigenvalue weighted by Gasteiger charge is 2.27. The van der Waals surface area contributed by atoms with Gasteiger partial charge in [-0.05, 0) is 48.2 Å². The van der Waals surface area contributed by atoms with Crippen molar-refractivity contribution in [3.63, 3.8) is 0 Å². The lowest BCUT2D eigenvalue weighted by Gasteiger charge is -2.31. The van der Waals surface area contributed by atoms with Gasteiger partial charge in [0.2, 0.25) is 5.91 Å². The van der Waals surface area contributed by atoms with Gasteiger partial charge in [-0.2, -0.15) is 0 Å². The second kappa shape index (κ2) is 12.2. The predicted octanol–water partition coefficient (Wildman–Crippen LogP) is 2.45. The summed E-state index contributed by atoms with van der Waals surface area (Å²) in [6, 6.07) is 11.8. The number of hydrogen-bond donors (Lipinski definition) is 2. The molecule has 0 aromatic heterocycles. The zero-order valence-corrected chi connectivity index (χ0v) is 22.0. The van der Waals surface area contributed by atoms with Crippen LogP contribution in [-0.2, 0) is 29.1 Å². The first-order valence-corrected chi connectivity index (χ1v) is 13.0. The fourth-order valence-electron chi connectivity index (χ4n) is 4.89. The number of methoxy groups -OCH3 is 1. The molecule has 0 fully saturated rings. The molecule has 0 saturated heterocycles. The Morgan fingerprint density at radius 3 is 2.46 bits per heavy atom. The number of hydrogen-bond acceptors (Lipinski definition) is 7. The van der Waals surface area contributed by atoms with E-state index < -0.39 is 0 Å². The van der Waals surface area contributed by atoms with E-state index in [1.807, 2.05) is 30.1 Å². The van der Waals surface area contributed by atoms with E-state index in [-0.39, 0.29) is 30.7 Å².